The number of hydrogen-bond donors (Lipinski definition) is 4. The molecule has 0 bridgehead atoms. The van der Waals surface area contributed by atoms with Crippen LogP contribution in [0.25, 0.3) is 0 Å². The zero-order chi connectivity index (χ0) is 12.3. The first-order valence-corrected chi connectivity index (χ1v) is 5.79. The van der Waals surface area contributed by atoms with E-state index in [4.69, 9.17) is 11.5 Å². The summed E-state index contributed by atoms with van der Waals surface area (Å²) in [7, 11) is 0. The quantitative estimate of drug-likeness (QED) is 0.568. The normalized spacial score (nSPS) is 22.2. The van der Waals surface area contributed by atoms with Crippen LogP contribution in [0.1, 0.15) is 29.6 Å². The van der Waals surface area contributed by atoms with E-state index in [1.165, 1.54) is 11.1 Å². The summed E-state index contributed by atoms with van der Waals surface area (Å²) in [6.07, 6.45) is 0.899. The van der Waals surface area contributed by atoms with E-state index in [0.29, 0.717) is 13.1 Å². The van der Waals surface area contributed by atoms with Gasteiger partial charge in [-0.05, 0) is 17.5 Å². The van der Waals surface area contributed by atoms with E-state index in [-0.39, 0.29) is 12.1 Å². The van der Waals surface area contributed by atoms with Crippen molar-refractivity contribution in [3.8, 4) is 0 Å². The van der Waals surface area contributed by atoms with Gasteiger partial charge in [0.05, 0.1) is 0 Å². The topological polar surface area (TPSA) is 93.2 Å². The van der Waals surface area contributed by atoms with E-state index in [9.17, 15) is 4.79 Å². The molecule has 0 heterocycles. The molecule has 0 aromatic heterocycles. The summed E-state index contributed by atoms with van der Waals surface area (Å²) in [4.78, 5) is 10.5. The fourth-order valence-electron chi connectivity index (χ4n) is 2.30. The summed E-state index contributed by atoms with van der Waals surface area (Å²) < 4.78 is 0. The minimum atomic E-state index is -0.490. The number of urea groups is 1. The van der Waals surface area contributed by atoms with Crippen molar-refractivity contribution in [3.05, 3.63) is 35.4 Å². The van der Waals surface area contributed by atoms with E-state index < -0.39 is 6.03 Å². The standard InChI is InChI=1S/C12H18N4O/c13-10-7-11(15-5-6-16-12(14)17)9-4-2-1-3-8(9)10/h1-4,10-11,15H,5-7,13H2,(H3,14,16,17). The molecule has 2 unspecified atom stereocenters. The predicted molar refractivity (Wildman–Crippen MR) is 66.3 cm³/mol. The molecule has 17 heavy (non-hydrogen) atoms. The molecule has 92 valence electrons. The SMILES string of the molecule is NC(=O)NCCNC1CC(N)c2ccccc21. The van der Waals surface area contributed by atoms with Crippen molar-refractivity contribution in [2.24, 2.45) is 11.5 Å². The molecule has 6 N–H and O–H groups in total. The van der Waals surface area contributed by atoms with Gasteiger partial charge in [0.25, 0.3) is 0 Å². The third kappa shape index (κ3) is 2.75. The van der Waals surface area contributed by atoms with Crippen LogP contribution in [0, 0.1) is 0 Å². The highest BCUT2D eigenvalue weighted by atomic mass is 16.2. The molecule has 1 aromatic rings. The van der Waals surface area contributed by atoms with Gasteiger partial charge in [0, 0.05) is 25.2 Å². The van der Waals surface area contributed by atoms with Crippen LogP contribution in [0.2, 0.25) is 0 Å². The summed E-state index contributed by atoms with van der Waals surface area (Å²) in [6, 6.07) is 8.09. The molecule has 5 nitrogen and oxygen atoms in total. The highest BCUT2D eigenvalue weighted by Crippen LogP contribution is 2.36. The molecular weight excluding hydrogens is 216 g/mol. The van der Waals surface area contributed by atoms with E-state index in [1.54, 1.807) is 0 Å². The molecule has 0 saturated carbocycles. The molecule has 1 aliphatic carbocycles. The van der Waals surface area contributed by atoms with Gasteiger partial charge in [-0.3, -0.25) is 0 Å². The second-order valence-corrected chi connectivity index (χ2v) is 4.27. The molecule has 0 spiro atoms. The summed E-state index contributed by atoms with van der Waals surface area (Å²) in [5.41, 5.74) is 13.5. The number of benzene rings is 1. The molecule has 0 fully saturated rings. The Balaban J connectivity index is 1.89. The smallest absolute Gasteiger partial charge is 0.312 e. The maximum absolute atomic E-state index is 10.5. The second kappa shape index (κ2) is 5.16. The zero-order valence-electron chi connectivity index (χ0n) is 9.65. The lowest BCUT2D eigenvalue weighted by Gasteiger charge is -2.13. The fourth-order valence-corrected chi connectivity index (χ4v) is 2.30. The number of carbonyl (C=O) groups is 1. The molecule has 2 amide bonds. The number of hydrogen-bond acceptors (Lipinski definition) is 3. The van der Waals surface area contributed by atoms with Gasteiger partial charge in [0.2, 0.25) is 0 Å². The molecule has 0 saturated heterocycles. The third-order valence-electron chi connectivity index (χ3n) is 3.08. The van der Waals surface area contributed by atoms with Crippen molar-refractivity contribution in [1.82, 2.24) is 10.6 Å². The maximum atomic E-state index is 10.5. The fraction of sp³-hybridized carbons (Fsp3) is 0.417. The summed E-state index contributed by atoms with van der Waals surface area (Å²) in [6.45, 7) is 1.22. The Kier molecular flexibility index (Phi) is 3.61. The minimum Gasteiger partial charge on any atom is -0.352 e. The monoisotopic (exact) mass is 234 g/mol. The summed E-state index contributed by atoms with van der Waals surface area (Å²) in [5, 5.41) is 5.92. The zero-order valence-corrected chi connectivity index (χ0v) is 9.65. The number of rotatable bonds is 4. The van der Waals surface area contributed by atoms with E-state index in [0.717, 1.165) is 6.42 Å². The first-order valence-electron chi connectivity index (χ1n) is 5.79. The number of nitrogens with one attached hydrogen (secondary N) is 2. The second-order valence-electron chi connectivity index (χ2n) is 4.27. The summed E-state index contributed by atoms with van der Waals surface area (Å²) in [5.74, 6) is 0. The average molecular weight is 234 g/mol. The van der Waals surface area contributed by atoms with Crippen molar-refractivity contribution in [2.45, 2.75) is 18.5 Å². The number of primary amides is 1. The van der Waals surface area contributed by atoms with Gasteiger partial charge >= 0.3 is 6.03 Å². The Labute approximate surface area is 101 Å². The van der Waals surface area contributed by atoms with Crippen molar-refractivity contribution < 1.29 is 4.79 Å². The maximum Gasteiger partial charge on any atom is 0.312 e. The Morgan fingerprint density at radius 2 is 2.00 bits per heavy atom. The van der Waals surface area contributed by atoms with Crippen molar-refractivity contribution in [1.29, 1.82) is 0 Å². The molecule has 5 heteroatoms. The molecule has 2 atom stereocenters. The summed E-state index contributed by atoms with van der Waals surface area (Å²) >= 11 is 0. The van der Waals surface area contributed by atoms with E-state index >= 15 is 0 Å². The number of amides is 2. The first kappa shape index (κ1) is 11.9. The Bertz CT molecular complexity index is 407. The average Bonchev–Trinajstić information content (AvgIpc) is 2.63. The van der Waals surface area contributed by atoms with Gasteiger partial charge in [0.15, 0.2) is 0 Å². The van der Waals surface area contributed by atoms with Gasteiger partial charge in [-0.1, -0.05) is 24.3 Å². The van der Waals surface area contributed by atoms with Crippen molar-refractivity contribution >= 4 is 6.03 Å². The number of nitrogens with two attached hydrogens (primary N) is 2. The van der Waals surface area contributed by atoms with Crippen LogP contribution in [0.3, 0.4) is 0 Å². The van der Waals surface area contributed by atoms with Gasteiger partial charge in [-0.15, -0.1) is 0 Å². The largest absolute Gasteiger partial charge is 0.352 e. The lowest BCUT2D eigenvalue weighted by molar-refractivity contribution is 0.248. The first-order chi connectivity index (χ1) is 8.18. The van der Waals surface area contributed by atoms with Gasteiger partial charge in [-0.25, -0.2) is 4.79 Å². The lowest BCUT2D eigenvalue weighted by atomic mass is 10.1. The lowest BCUT2D eigenvalue weighted by Crippen LogP contribution is -2.36. The van der Waals surface area contributed by atoms with E-state index in [2.05, 4.69) is 22.8 Å². The van der Waals surface area contributed by atoms with E-state index in [1.807, 2.05) is 12.1 Å². The number of fused-ring (bicyclic) bond motifs is 1. The van der Waals surface area contributed by atoms with Crippen LogP contribution >= 0.6 is 0 Å². The molecule has 1 aliphatic rings. The van der Waals surface area contributed by atoms with Gasteiger partial charge < -0.3 is 22.1 Å². The molecule has 2 rings (SSSR count). The van der Waals surface area contributed by atoms with Gasteiger partial charge in [0.1, 0.15) is 0 Å². The predicted octanol–water partition coefficient (Wildman–Crippen LogP) is 0.389. The molecular formula is C12H18N4O. The Morgan fingerprint density at radius 3 is 2.71 bits per heavy atom. The molecule has 1 aromatic carbocycles. The van der Waals surface area contributed by atoms with Crippen LogP contribution in [0.5, 0.6) is 0 Å². The van der Waals surface area contributed by atoms with Gasteiger partial charge in [-0.2, -0.15) is 0 Å². The molecule has 0 aliphatic heterocycles. The Hall–Kier alpha value is -1.59. The van der Waals surface area contributed by atoms with Crippen molar-refractivity contribution in [2.75, 3.05) is 13.1 Å². The molecule has 0 radical (unpaired) electrons. The highest BCUT2D eigenvalue weighted by molar-refractivity contribution is 5.71. The number of carbonyl (C=O) groups excluding carboxylic acids is 1. The Morgan fingerprint density at radius 1 is 1.29 bits per heavy atom. The van der Waals surface area contributed by atoms with Crippen LogP contribution < -0.4 is 22.1 Å². The third-order valence-corrected chi connectivity index (χ3v) is 3.08. The highest BCUT2D eigenvalue weighted by Gasteiger charge is 2.27. The van der Waals surface area contributed by atoms with Crippen molar-refractivity contribution in [3.63, 3.8) is 0 Å². The van der Waals surface area contributed by atoms with Crippen LogP contribution in [0.15, 0.2) is 24.3 Å². The van der Waals surface area contributed by atoms with Crippen LogP contribution in [-0.4, -0.2) is 19.1 Å². The van der Waals surface area contributed by atoms with Crippen LogP contribution in [-0.2, 0) is 0 Å². The van der Waals surface area contributed by atoms with Crippen LogP contribution in [0.4, 0.5) is 4.79 Å². The minimum absolute atomic E-state index is 0.104.